The highest BCUT2D eigenvalue weighted by Crippen LogP contribution is 2.30. The number of nitrogens with one attached hydrogen (secondary N) is 1. The van der Waals surface area contributed by atoms with Gasteiger partial charge in [0.15, 0.2) is 0 Å². The molecule has 2 heterocycles. The van der Waals surface area contributed by atoms with Gasteiger partial charge in [-0.2, -0.15) is 12.7 Å². The van der Waals surface area contributed by atoms with Crippen LogP contribution in [0.3, 0.4) is 0 Å². The molecule has 0 radical (unpaired) electrons. The van der Waals surface area contributed by atoms with Gasteiger partial charge < -0.3 is 14.4 Å². The number of carbonyl (C=O) groups is 1. The van der Waals surface area contributed by atoms with Crippen LogP contribution in [0.4, 0.5) is 23.7 Å². The number of nitrogens with zero attached hydrogens (tertiary/aromatic N) is 3. The van der Waals surface area contributed by atoms with Crippen LogP contribution in [0.5, 0.6) is 5.75 Å². The van der Waals surface area contributed by atoms with Crippen molar-refractivity contribution in [3.05, 3.63) is 54.6 Å². The third kappa shape index (κ3) is 6.84. The molecule has 0 saturated carbocycles. The summed E-state index contributed by atoms with van der Waals surface area (Å²) in [4.78, 5) is 18.3. The Labute approximate surface area is 218 Å². The standard InChI is InChI=1S/C25H27F3N4O5S/c1-24(2,3)37-23(33)31-12-14-32(15-13-31)38(34,35)30-21-9-5-6-17-10-11-20(29-22(17)21)18-7-4-8-19(16-18)36-25(26,27)28/h4-11,16,30H,12-15H2,1-3H3. The average molecular weight is 553 g/mol. The third-order valence-electron chi connectivity index (χ3n) is 5.55. The van der Waals surface area contributed by atoms with Crippen molar-refractivity contribution >= 4 is 32.9 Å². The first-order valence-corrected chi connectivity index (χ1v) is 13.2. The van der Waals surface area contributed by atoms with E-state index in [4.69, 9.17) is 4.74 Å². The highest BCUT2D eigenvalue weighted by molar-refractivity contribution is 7.90. The number of amides is 1. The van der Waals surface area contributed by atoms with E-state index in [2.05, 4.69) is 14.4 Å². The SMILES string of the molecule is CC(C)(C)OC(=O)N1CCN(S(=O)(=O)Nc2cccc3ccc(-c4cccc(OC(F)(F)F)c4)nc23)CC1. The summed E-state index contributed by atoms with van der Waals surface area (Å²) in [7, 11) is -4.00. The second-order valence-corrected chi connectivity index (χ2v) is 11.3. The fourth-order valence-corrected chi connectivity index (χ4v) is 5.10. The number of ether oxygens (including phenoxy) is 2. The van der Waals surface area contributed by atoms with E-state index >= 15 is 0 Å². The molecule has 4 rings (SSSR count). The van der Waals surface area contributed by atoms with E-state index in [1.54, 1.807) is 57.2 Å². The van der Waals surface area contributed by atoms with E-state index in [0.717, 1.165) is 0 Å². The number of pyridine rings is 1. The van der Waals surface area contributed by atoms with Crippen LogP contribution >= 0.6 is 0 Å². The lowest BCUT2D eigenvalue weighted by molar-refractivity contribution is -0.274. The van der Waals surface area contributed by atoms with Gasteiger partial charge in [0, 0.05) is 37.1 Å². The van der Waals surface area contributed by atoms with Crippen LogP contribution in [0.25, 0.3) is 22.2 Å². The monoisotopic (exact) mass is 552 g/mol. The summed E-state index contributed by atoms with van der Waals surface area (Å²) < 4.78 is 77.4. The number of hydrogen-bond acceptors (Lipinski definition) is 6. The van der Waals surface area contributed by atoms with E-state index in [1.807, 2.05) is 0 Å². The summed E-state index contributed by atoms with van der Waals surface area (Å²) in [5.41, 5.74) is 0.575. The Morgan fingerprint density at radius 2 is 1.66 bits per heavy atom. The number of rotatable bonds is 5. The van der Waals surface area contributed by atoms with Gasteiger partial charge in [0.05, 0.1) is 16.9 Å². The van der Waals surface area contributed by atoms with E-state index < -0.39 is 34.0 Å². The largest absolute Gasteiger partial charge is 0.573 e. The molecule has 38 heavy (non-hydrogen) atoms. The van der Waals surface area contributed by atoms with Crippen LogP contribution in [0.15, 0.2) is 54.6 Å². The van der Waals surface area contributed by atoms with E-state index in [-0.39, 0.29) is 31.9 Å². The highest BCUT2D eigenvalue weighted by atomic mass is 32.2. The van der Waals surface area contributed by atoms with Crippen molar-refractivity contribution in [1.82, 2.24) is 14.2 Å². The van der Waals surface area contributed by atoms with Gasteiger partial charge in [-0.25, -0.2) is 9.78 Å². The minimum Gasteiger partial charge on any atom is -0.444 e. The molecule has 1 N–H and O–H groups in total. The fourth-order valence-electron chi connectivity index (χ4n) is 3.88. The second-order valence-electron chi connectivity index (χ2n) is 9.62. The molecule has 0 aliphatic carbocycles. The van der Waals surface area contributed by atoms with Gasteiger partial charge in [0.2, 0.25) is 0 Å². The molecular formula is C25H27F3N4O5S. The predicted octanol–water partition coefficient (Wildman–Crippen LogP) is 5.01. The van der Waals surface area contributed by atoms with Crippen molar-refractivity contribution in [3.8, 4) is 17.0 Å². The second kappa shape index (κ2) is 10.3. The number of aromatic nitrogens is 1. The third-order valence-corrected chi connectivity index (χ3v) is 7.08. The Kier molecular flexibility index (Phi) is 7.44. The number of anilines is 1. The summed E-state index contributed by atoms with van der Waals surface area (Å²) in [6.07, 6.45) is -5.34. The van der Waals surface area contributed by atoms with Crippen molar-refractivity contribution in [3.63, 3.8) is 0 Å². The zero-order valence-electron chi connectivity index (χ0n) is 20.9. The predicted molar refractivity (Wildman–Crippen MR) is 136 cm³/mol. The molecule has 0 spiro atoms. The smallest absolute Gasteiger partial charge is 0.444 e. The summed E-state index contributed by atoms with van der Waals surface area (Å²) in [5.74, 6) is -0.392. The fraction of sp³-hybridized carbons (Fsp3) is 0.360. The van der Waals surface area contributed by atoms with Gasteiger partial charge in [-0.15, -0.1) is 13.2 Å². The van der Waals surface area contributed by atoms with E-state index in [9.17, 15) is 26.4 Å². The molecule has 0 atom stereocenters. The van der Waals surface area contributed by atoms with Crippen LogP contribution in [-0.4, -0.2) is 66.8 Å². The van der Waals surface area contributed by atoms with E-state index in [0.29, 0.717) is 22.2 Å². The maximum atomic E-state index is 13.2. The lowest BCUT2D eigenvalue weighted by atomic mass is 10.1. The molecule has 9 nitrogen and oxygen atoms in total. The molecule has 1 saturated heterocycles. The summed E-state index contributed by atoms with van der Waals surface area (Å²) in [5, 5.41) is 0.631. The number of hydrogen-bond donors (Lipinski definition) is 1. The van der Waals surface area contributed by atoms with Crippen LogP contribution in [0.2, 0.25) is 0 Å². The lowest BCUT2D eigenvalue weighted by Crippen LogP contribution is -2.52. The normalized spacial score (nSPS) is 15.4. The molecule has 204 valence electrons. The lowest BCUT2D eigenvalue weighted by Gasteiger charge is -2.35. The molecule has 1 aromatic heterocycles. The number of para-hydroxylation sites is 1. The van der Waals surface area contributed by atoms with Crippen LogP contribution < -0.4 is 9.46 Å². The number of halogens is 3. The van der Waals surface area contributed by atoms with Gasteiger partial charge in [-0.3, -0.25) is 4.72 Å². The minimum atomic E-state index is -4.83. The minimum absolute atomic E-state index is 0.0734. The zero-order valence-corrected chi connectivity index (χ0v) is 21.8. The number of piperazine rings is 1. The molecule has 2 aromatic carbocycles. The van der Waals surface area contributed by atoms with Crippen LogP contribution in [0.1, 0.15) is 20.8 Å². The quantitative estimate of drug-likeness (QED) is 0.478. The summed E-state index contributed by atoms with van der Waals surface area (Å²) in [6, 6.07) is 13.7. The maximum Gasteiger partial charge on any atom is 0.573 e. The molecule has 0 bridgehead atoms. The van der Waals surface area contributed by atoms with Gasteiger partial charge in [-0.1, -0.05) is 30.3 Å². The number of alkyl halides is 3. The van der Waals surface area contributed by atoms with Crippen molar-refractivity contribution < 1.29 is 35.9 Å². The highest BCUT2D eigenvalue weighted by Gasteiger charge is 2.32. The van der Waals surface area contributed by atoms with Crippen molar-refractivity contribution in [1.29, 1.82) is 0 Å². The van der Waals surface area contributed by atoms with Crippen LogP contribution in [-0.2, 0) is 14.9 Å². The Balaban J connectivity index is 1.53. The van der Waals surface area contributed by atoms with Crippen molar-refractivity contribution in [2.75, 3.05) is 30.9 Å². The maximum absolute atomic E-state index is 13.2. The summed E-state index contributed by atoms with van der Waals surface area (Å²) >= 11 is 0. The van der Waals surface area contributed by atoms with Crippen molar-refractivity contribution in [2.24, 2.45) is 0 Å². The molecular weight excluding hydrogens is 525 g/mol. The molecule has 1 aliphatic rings. The number of benzene rings is 2. The molecule has 3 aromatic rings. The number of carbonyl (C=O) groups excluding carboxylic acids is 1. The topological polar surface area (TPSA) is 101 Å². The van der Waals surface area contributed by atoms with E-state index in [1.165, 1.54) is 27.4 Å². The van der Waals surface area contributed by atoms with Gasteiger partial charge in [0.25, 0.3) is 0 Å². The van der Waals surface area contributed by atoms with Crippen molar-refractivity contribution in [2.45, 2.75) is 32.7 Å². The molecule has 1 amide bonds. The number of fused-ring (bicyclic) bond motifs is 1. The first-order chi connectivity index (χ1) is 17.7. The first kappa shape index (κ1) is 27.5. The zero-order chi connectivity index (χ0) is 27.7. The van der Waals surface area contributed by atoms with Crippen LogP contribution in [0, 0.1) is 0 Å². The Hall–Kier alpha value is -3.58. The molecule has 1 aliphatic heterocycles. The van der Waals surface area contributed by atoms with Gasteiger partial charge in [0.1, 0.15) is 11.4 Å². The van der Waals surface area contributed by atoms with Gasteiger partial charge in [-0.05, 0) is 45.0 Å². The molecule has 1 fully saturated rings. The Morgan fingerprint density at radius 1 is 0.974 bits per heavy atom. The molecule has 0 unspecified atom stereocenters. The average Bonchev–Trinajstić information content (AvgIpc) is 2.82. The Bertz CT molecular complexity index is 1430. The summed E-state index contributed by atoms with van der Waals surface area (Å²) in [6.45, 7) is 5.76. The molecule has 13 heteroatoms. The first-order valence-electron chi connectivity index (χ1n) is 11.7. The van der Waals surface area contributed by atoms with Gasteiger partial charge >= 0.3 is 22.7 Å². The Morgan fingerprint density at radius 3 is 2.32 bits per heavy atom.